The Morgan fingerprint density at radius 1 is 1.37 bits per heavy atom. The molecule has 1 aromatic carbocycles. The number of unbranched alkanes of at least 4 members (excludes halogenated alkanes) is 1. The topological polar surface area (TPSA) is 54.3 Å². The van der Waals surface area contributed by atoms with Crippen molar-refractivity contribution >= 4 is 16.8 Å². The van der Waals surface area contributed by atoms with Crippen LogP contribution in [0.4, 0.5) is 0 Å². The van der Waals surface area contributed by atoms with Crippen molar-refractivity contribution in [1.82, 2.24) is 10.0 Å². The monoisotopic (exact) mass is 260 g/mol. The number of carbonyl (C=O) groups excluding carboxylic acids is 1. The van der Waals surface area contributed by atoms with Gasteiger partial charge in [-0.25, -0.2) is 0 Å². The molecule has 0 aliphatic heterocycles. The second kappa shape index (κ2) is 6.27. The molecular formula is C15H20N2O2. The van der Waals surface area contributed by atoms with Crippen LogP contribution in [0, 0.1) is 0 Å². The number of amides is 1. The maximum Gasteiger partial charge on any atom is 0.220 e. The number of nitrogens with zero attached hydrogens (tertiary/aromatic N) is 1. The molecule has 0 bridgehead atoms. The zero-order valence-electron chi connectivity index (χ0n) is 11.2. The average molecular weight is 260 g/mol. The second-order valence-corrected chi connectivity index (χ2v) is 4.72. The summed E-state index contributed by atoms with van der Waals surface area (Å²) in [7, 11) is 0. The highest BCUT2D eigenvalue weighted by Crippen LogP contribution is 2.20. The van der Waals surface area contributed by atoms with Crippen LogP contribution in [0.15, 0.2) is 30.5 Å². The van der Waals surface area contributed by atoms with Crippen LogP contribution in [0.25, 0.3) is 10.9 Å². The van der Waals surface area contributed by atoms with Gasteiger partial charge in [-0.2, -0.15) is 4.73 Å². The zero-order chi connectivity index (χ0) is 13.7. The predicted octanol–water partition coefficient (Wildman–Crippen LogP) is 2.73. The number of hydrogen-bond donors (Lipinski definition) is 2. The van der Waals surface area contributed by atoms with Gasteiger partial charge < -0.3 is 10.5 Å². The van der Waals surface area contributed by atoms with Crippen molar-refractivity contribution in [2.24, 2.45) is 0 Å². The predicted molar refractivity (Wildman–Crippen MR) is 75.4 cm³/mol. The summed E-state index contributed by atoms with van der Waals surface area (Å²) in [6, 6.07) is 7.70. The number of carbonyl (C=O) groups is 1. The van der Waals surface area contributed by atoms with E-state index in [0.717, 1.165) is 40.5 Å². The van der Waals surface area contributed by atoms with Crippen LogP contribution < -0.4 is 5.32 Å². The van der Waals surface area contributed by atoms with Crippen LogP contribution in [0.5, 0.6) is 0 Å². The van der Waals surface area contributed by atoms with Crippen LogP contribution in [0.1, 0.15) is 31.7 Å². The van der Waals surface area contributed by atoms with E-state index in [1.54, 1.807) is 6.20 Å². The number of para-hydroxylation sites is 1. The first-order valence-electron chi connectivity index (χ1n) is 6.77. The summed E-state index contributed by atoms with van der Waals surface area (Å²) in [5.74, 6) is 0.106. The van der Waals surface area contributed by atoms with Gasteiger partial charge in [0, 0.05) is 24.5 Å². The first kappa shape index (κ1) is 13.5. The lowest BCUT2D eigenvalue weighted by Crippen LogP contribution is -2.25. The van der Waals surface area contributed by atoms with E-state index in [0.29, 0.717) is 13.0 Å². The molecule has 0 saturated carbocycles. The Kier molecular flexibility index (Phi) is 4.44. The minimum Gasteiger partial charge on any atom is -0.428 e. The summed E-state index contributed by atoms with van der Waals surface area (Å²) in [6.45, 7) is 2.68. The molecule has 1 aromatic heterocycles. The standard InChI is InChI=1S/C15H20N2O2/c1-2-3-8-15(18)16-10-9-12-11-17(19)14-7-5-4-6-13(12)14/h4-7,11,19H,2-3,8-10H2,1H3,(H,16,18). The molecule has 0 radical (unpaired) electrons. The maximum atomic E-state index is 11.5. The normalized spacial score (nSPS) is 10.8. The number of rotatable bonds is 6. The van der Waals surface area contributed by atoms with Crippen LogP contribution in [-0.4, -0.2) is 22.4 Å². The average Bonchev–Trinajstić information content (AvgIpc) is 2.74. The van der Waals surface area contributed by atoms with Crippen molar-refractivity contribution in [2.45, 2.75) is 32.6 Å². The van der Waals surface area contributed by atoms with Crippen molar-refractivity contribution in [3.8, 4) is 0 Å². The Balaban J connectivity index is 1.93. The molecule has 2 rings (SSSR count). The third-order valence-electron chi connectivity index (χ3n) is 3.25. The molecule has 19 heavy (non-hydrogen) atoms. The number of nitrogens with one attached hydrogen (secondary N) is 1. The Bertz CT molecular complexity index is 560. The number of hydrogen-bond acceptors (Lipinski definition) is 2. The fourth-order valence-electron chi connectivity index (χ4n) is 2.19. The van der Waals surface area contributed by atoms with E-state index in [9.17, 15) is 10.0 Å². The summed E-state index contributed by atoms with van der Waals surface area (Å²) in [4.78, 5) is 11.5. The molecule has 0 atom stereocenters. The Morgan fingerprint density at radius 2 is 2.16 bits per heavy atom. The van der Waals surface area contributed by atoms with Gasteiger partial charge in [0.2, 0.25) is 5.91 Å². The number of benzene rings is 1. The third-order valence-corrected chi connectivity index (χ3v) is 3.25. The van der Waals surface area contributed by atoms with Gasteiger partial charge >= 0.3 is 0 Å². The van der Waals surface area contributed by atoms with Gasteiger partial charge in [0.15, 0.2) is 0 Å². The molecule has 0 aliphatic carbocycles. The van der Waals surface area contributed by atoms with Crippen molar-refractivity contribution in [2.75, 3.05) is 6.54 Å². The maximum absolute atomic E-state index is 11.5. The van der Waals surface area contributed by atoms with Gasteiger partial charge in [-0.1, -0.05) is 31.5 Å². The van der Waals surface area contributed by atoms with Crippen molar-refractivity contribution in [1.29, 1.82) is 0 Å². The molecular weight excluding hydrogens is 240 g/mol. The summed E-state index contributed by atoms with van der Waals surface area (Å²) in [6.07, 6.45) is 5.00. The van der Waals surface area contributed by atoms with Crippen LogP contribution >= 0.6 is 0 Å². The molecule has 0 saturated heterocycles. The molecule has 0 unspecified atom stereocenters. The molecule has 1 amide bonds. The van der Waals surface area contributed by atoms with Gasteiger partial charge in [0.05, 0.1) is 5.52 Å². The van der Waals surface area contributed by atoms with E-state index in [-0.39, 0.29) is 5.91 Å². The van der Waals surface area contributed by atoms with E-state index in [1.807, 2.05) is 24.3 Å². The van der Waals surface area contributed by atoms with E-state index in [2.05, 4.69) is 12.2 Å². The zero-order valence-corrected chi connectivity index (χ0v) is 11.2. The van der Waals surface area contributed by atoms with E-state index < -0.39 is 0 Å². The van der Waals surface area contributed by atoms with Crippen LogP contribution in [0.2, 0.25) is 0 Å². The fraction of sp³-hybridized carbons (Fsp3) is 0.400. The van der Waals surface area contributed by atoms with Crippen molar-refractivity contribution < 1.29 is 10.0 Å². The lowest BCUT2D eigenvalue weighted by atomic mass is 10.1. The van der Waals surface area contributed by atoms with Crippen molar-refractivity contribution in [3.63, 3.8) is 0 Å². The summed E-state index contributed by atoms with van der Waals surface area (Å²) < 4.78 is 1.14. The van der Waals surface area contributed by atoms with Crippen molar-refractivity contribution in [3.05, 3.63) is 36.0 Å². The third kappa shape index (κ3) is 3.28. The molecule has 4 nitrogen and oxygen atoms in total. The number of aromatic nitrogens is 1. The Hall–Kier alpha value is -1.97. The number of fused-ring (bicyclic) bond motifs is 1. The fourth-order valence-corrected chi connectivity index (χ4v) is 2.19. The van der Waals surface area contributed by atoms with E-state index in [4.69, 9.17) is 0 Å². The SMILES string of the molecule is CCCCC(=O)NCCc1cn(O)c2ccccc12. The molecule has 2 aromatic rings. The minimum absolute atomic E-state index is 0.106. The van der Waals surface area contributed by atoms with Gasteiger partial charge in [-0.05, 0) is 24.5 Å². The van der Waals surface area contributed by atoms with Gasteiger partial charge in [0.1, 0.15) is 0 Å². The molecule has 2 N–H and O–H groups in total. The minimum atomic E-state index is 0.106. The Morgan fingerprint density at radius 3 is 2.95 bits per heavy atom. The van der Waals surface area contributed by atoms with Crippen LogP contribution in [-0.2, 0) is 11.2 Å². The first-order chi connectivity index (χ1) is 9.22. The molecule has 0 spiro atoms. The largest absolute Gasteiger partial charge is 0.428 e. The molecule has 0 aliphatic rings. The highest BCUT2D eigenvalue weighted by atomic mass is 16.5. The molecule has 1 heterocycles. The first-order valence-corrected chi connectivity index (χ1v) is 6.77. The van der Waals surface area contributed by atoms with Gasteiger partial charge in [-0.3, -0.25) is 4.79 Å². The molecule has 0 fully saturated rings. The highest BCUT2D eigenvalue weighted by molar-refractivity contribution is 5.83. The molecule has 4 heteroatoms. The van der Waals surface area contributed by atoms with Gasteiger partial charge in [0.25, 0.3) is 0 Å². The summed E-state index contributed by atoms with van der Waals surface area (Å²) in [5, 5.41) is 13.7. The second-order valence-electron chi connectivity index (χ2n) is 4.72. The van der Waals surface area contributed by atoms with Crippen LogP contribution in [0.3, 0.4) is 0 Å². The highest BCUT2D eigenvalue weighted by Gasteiger charge is 2.07. The smallest absolute Gasteiger partial charge is 0.220 e. The van der Waals surface area contributed by atoms with E-state index in [1.165, 1.54) is 0 Å². The summed E-state index contributed by atoms with van der Waals surface area (Å²) in [5.41, 5.74) is 1.85. The molecule has 102 valence electrons. The lowest BCUT2D eigenvalue weighted by molar-refractivity contribution is -0.121. The summed E-state index contributed by atoms with van der Waals surface area (Å²) >= 11 is 0. The quantitative estimate of drug-likeness (QED) is 0.785. The van der Waals surface area contributed by atoms with Gasteiger partial charge in [-0.15, -0.1) is 0 Å². The lowest BCUT2D eigenvalue weighted by Gasteiger charge is -2.03. The Labute approximate surface area is 113 Å². The van der Waals surface area contributed by atoms with E-state index >= 15 is 0 Å².